The van der Waals surface area contributed by atoms with E-state index in [4.69, 9.17) is 26.1 Å². The number of aromatic nitrogens is 2. The van der Waals surface area contributed by atoms with Crippen LogP contribution >= 0.6 is 11.6 Å². The van der Waals surface area contributed by atoms with Gasteiger partial charge in [0.25, 0.3) is 21.6 Å². The fourth-order valence-corrected chi connectivity index (χ4v) is 11.3. The maximum atomic E-state index is 14.5. The van der Waals surface area contributed by atoms with Crippen molar-refractivity contribution in [1.82, 2.24) is 29.4 Å². The van der Waals surface area contributed by atoms with Crippen LogP contribution in [0.15, 0.2) is 83.4 Å². The van der Waals surface area contributed by atoms with Gasteiger partial charge < -0.3 is 34.5 Å². The number of piperazine rings is 2. The topological polar surface area (TPSA) is 182 Å². The third-order valence-corrected chi connectivity index (χ3v) is 15.6. The summed E-state index contributed by atoms with van der Waals surface area (Å²) >= 11 is 6.28. The van der Waals surface area contributed by atoms with Crippen molar-refractivity contribution < 1.29 is 27.6 Å². The van der Waals surface area contributed by atoms with Gasteiger partial charge in [-0.25, -0.2) is 13.1 Å². The Bertz CT molecular complexity index is 2890. The lowest BCUT2D eigenvalue weighted by Crippen LogP contribution is -2.50. The van der Waals surface area contributed by atoms with E-state index in [0.717, 1.165) is 100 Å². The second-order valence-electron chi connectivity index (χ2n) is 19.4. The van der Waals surface area contributed by atoms with Crippen LogP contribution in [0.25, 0.3) is 16.6 Å². The number of carbonyl (C=O) groups excluding carboxylic acids is 1. The van der Waals surface area contributed by atoms with Gasteiger partial charge in [-0.15, -0.1) is 0 Å². The highest BCUT2D eigenvalue weighted by atomic mass is 35.5. The molecule has 2 aromatic heterocycles. The fraction of sp³-hybridized carbons (Fsp3) is 0.429. The molecule has 5 aliphatic rings. The van der Waals surface area contributed by atoms with E-state index in [-0.39, 0.29) is 41.7 Å². The predicted molar refractivity (Wildman–Crippen MR) is 264 cm³/mol. The van der Waals surface area contributed by atoms with Gasteiger partial charge in [-0.05, 0) is 85.3 Å². The van der Waals surface area contributed by atoms with Gasteiger partial charge in [0.15, 0.2) is 11.4 Å². The van der Waals surface area contributed by atoms with E-state index in [2.05, 4.69) is 67.7 Å². The molecule has 10 rings (SSSR count). The molecule has 2 saturated heterocycles. The van der Waals surface area contributed by atoms with Crippen LogP contribution in [0.3, 0.4) is 0 Å². The number of nitrogens with zero attached hydrogens (tertiary/aromatic N) is 7. The van der Waals surface area contributed by atoms with Crippen molar-refractivity contribution in [2.75, 3.05) is 107 Å². The third kappa shape index (κ3) is 9.56. The molecule has 0 spiro atoms. The Hall–Kier alpha value is -5.92. The summed E-state index contributed by atoms with van der Waals surface area (Å²) in [7, 11) is -2.59. The van der Waals surface area contributed by atoms with E-state index in [1.54, 1.807) is 12.3 Å². The summed E-state index contributed by atoms with van der Waals surface area (Å²) in [5.41, 5.74) is 6.72. The van der Waals surface area contributed by atoms with Gasteiger partial charge in [-0.2, -0.15) is 4.98 Å². The summed E-state index contributed by atoms with van der Waals surface area (Å²) < 4.78 is 42.6. The number of fused-ring (bicyclic) bond motifs is 3. The Morgan fingerprint density at radius 2 is 1.71 bits per heavy atom. The van der Waals surface area contributed by atoms with Crippen LogP contribution in [0.4, 0.5) is 28.4 Å². The molecule has 68 heavy (non-hydrogen) atoms. The number of amides is 1. The van der Waals surface area contributed by atoms with Gasteiger partial charge in [-0.1, -0.05) is 43.2 Å². The zero-order valence-corrected chi connectivity index (χ0v) is 40.2. The molecule has 0 unspecified atom stereocenters. The number of nitrogens with one attached hydrogen (secondary N) is 3. The van der Waals surface area contributed by atoms with Crippen LogP contribution in [-0.2, 0) is 10.0 Å². The summed E-state index contributed by atoms with van der Waals surface area (Å²) in [6, 6.07) is 19.4. The van der Waals surface area contributed by atoms with Crippen molar-refractivity contribution >= 4 is 72.6 Å². The largest absolute Gasteiger partial charge is 0.489 e. The first kappa shape index (κ1) is 45.8. The minimum absolute atomic E-state index is 0.0293. The minimum atomic E-state index is -4.66. The molecule has 19 heteroatoms. The number of ether oxygens (including phenoxy) is 2. The molecular formula is C49H57ClN10O7S. The molecule has 0 saturated carbocycles. The second kappa shape index (κ2) is 18.5. The number of pyridine rings is 1. The Kier molecular flexibility index (Phi) is 12.5. The first-order valence-corrected chi connectivity index (χ1v) is 25.2. The van der Waals surface area contributed by atoms with Crippen LogP contribution in [0, 0.1) is 15.5 Å². The van der Waals surface area contributed by atoms with E-state index >= 15 is 0 Å². The van der Waals surface area contributed by atoms with Crippen molar-refractivity contribution in [2.24, 2.45) is 5.41 Å². The minimum Gasteiger partial charge on any atom is -0.489 e. The zero-order chi connectivity index (χ0) is 47.3. The fourth-order valence-electron chi connectivity index (χ4n) is 10.1. The monoisotopic (exact) mass is 964 g/mol. The lowest BCUT2D eigenvalue weighted by Gasteiger charge is -2.39. The number of anilines is 4. The van der Waals surface area contributed by atoms with Crippen molar-refractivity contribution in [1.29, 1.82) is 0 Å². The molecule has 1 aliphatic carbocycles. The van der Waals surface area contributed by atoms with Crippen molar-refractivity contribution in [3.8, 4) is 11.6 Å². The standard InChI is InChI=1S/C49H57ClN10O7S/c1-49(2)12-10-34(40(28-49)32-4-6-35(50)7-5-32)29-56-18-20-58(21-19-56)37-8-9-39(41(25-37)59-22-23-66-48-43(59)24-33-11-13-51-46(33)53-48)47(61)54-68(64,65)38-26-42(60(62)63)45-44(27-38)67-31-36(52-45)30-57-16-14-55(3)15-17-57/h4-9,11,13,24-27,36,52H,10,12,14-23,28-31H2,1-3H3,(H,51,53)(H,54,61)/t36-/m1/s1. The summed E-state index contributed by atoms with van der Waals surface area (Å²) in [4.78, 5) is 44.9. The van der Waals surface area contributed by atoms with Gasteiger partial charge in [0.2, 0.25) is 5.88 Å². The number of likely N-dealkylation sites (N-methyl/N-ethyl adjacent to an activating group) is 1. The van der Waals surface area contributed by atoms with Crippen LogP contribution in [0.5, 0.6) is 11.6 Å². The van der Waals surface area contributed by atoms with Gasteiger partial charge >= 0.3 is 0 Å². The Morgan fingerprint density at radius 3 is 2.47 bits per heavy atom. The maximum Gasteiger partial charge on any atom is 0.297 e. The molecule has 2 fully saturated rings. The van der Waals surface area contributed by atoms with Crippen molar-refractivity contribution in [2.45, 2.75) is 44.0 Å². The number of halogens is 1. The summed E-state index contributed by atoms with van der Waals surface area (Å²) in [6.07, 6.45) is 4.99. The Labute approximate surface area is 401 Å². The number of aromatic amines is 1. The van der Waals surface area contributed by atoms with Gasteiger partial charge in [0.05, 0.1) is 33.7 Å². The zero-order valence-electron chi connectivity index (χ0n) is 38.6. The molecule has 1 atom stereocenters. The van der Waals surface area contributed by atoms with Gasteiger partial charge in [0, 0.05) is 99.9 Å². The number of benzene rings is 3. The van der Waals surface area contributed by atoms with E-state index in [0.29, 0.717) is 36.0 Å². The Balaban J connectivity index is 0.911. The predicted octanol–water partition coefficient (Wildman–Crippen LogP) is 6.98. The first-order valence-electron chi connectivity index (χ1n) is 23.3. The molecule has 0 bridgehead atoms. The number of nitro benzene ring substituents is 1. The summed E-state index contributed by atoms with van der Waals surface area (Å²) in [5, 5.41) is 17.3. The number of allylic oxidation sites excluding steroid dienone is 1. The van der Waals surface area contributed by atoms with Crippen LogP contribution < -0.4 is 29.3 Å². The third-order valence-electron chi connectivity index (χ3n) is 14.0. The SMILES string of the molecule is CN1CCN(C[C@@H]2COc3cc(S(=O)(=O)NC(=O)c4ccc(N5CCN(CC6=C(c7ccc(Cl)cc7)CC(C)(C)CC6)CC5)cc4N4CCOc5nc6[nH]ccc6cc54)cc([N+](=O)[O-])c3N2)CC1. The van der Waals surface area contributed by atoms with Crippen molar-refractivity contribution in [3.63, 3.8) is 0 Å². The van der Waals surface area contributed by atoms with Crippen LogP contribution in [-0.4, -0.2) is 142 Å². The highest BCUT2D eigenvalue weighted by Crippen LogP contribution is 2.45. The maximum absolute atomic E-state index is 14.5. The van der Waals surface area contributed by atoms with E-state index in [1.807, 2.05) is 41.3 Å². The molecule has 6 heterocycles. The van der Waals surface area contributed by atoms with Gasteiger partial charge in [-0.3, -0.25) is 24.7 Å². The average Bonchev–Trinajstić information content (AvgIpc) is 3.79. The summed E-state index contributed by atoms with van der Waals surface area (Å²) in [6.45, 7) is 13.7. The number of sulfonamides is 1. The quantitative estimate of drug-likeness (QED) is 0.0911. The average molecular weight is 966 g/mol. The highest BCUT2D eigenvalue weighted by Gasteiger charge is 2.35. The lowest BCUT2D eigenvalue weighted by atomic mass is 9.72. The van der Waals surface area contributed by atoms with E-state index in [9.17, 15) is 23.3 Å². The molecule has 17 nitrogen and oxygen atoms in total. The molecule has 3 aromatic carbocycles. The second-order valence-corrected chi connectivity index (χ2v) is 21.5. The smallest absolute Gasteiger partial charge is 0.297 e. The van der Waals surface area contributed by atoms with Crippen LogP contribution in [0.2, 0.25) is 5.02 Å². The van der Waals surface area contributed by atoms with Gasteiger partial charge in [0.1, 0.15) is 24.5 Å². The van der Waals surface area contributed by atoms with Crippen LogP contribution in [0.1, 0.15) is 49.0 Å². The number of hydrogen-bond donors (Lipinski definition) is 3. The summed E-state index contributed by atoms with van der Waals surface area (Å²) in [5.74, 6) is -0.489. The molecule has 5 aromatic rings. The molecule has 3 N–H and O–H groups in total. The van der Waals surface area contributed by atoms with E-state index < -0.39 is 31.4 Å². The number of nitro groups is 1. The number of H-pyrrole nitrogens is 1. The number of rotatable bonds is 11. The van der Waals surface area contributed by atoms with Crippen molar-refractivity contribution in [3.05, 3.63) is 105 Å². The Morgan fingerprint density at radius 1 is 0.941 bits per heavy atom. The first-order chi connectivity index (χ1) is 32.7. The number of carbonyl (C=O) groups is 1. The highest BCUT2D eigenvalue weighted by molar-refractivity contribution is 7.90. The van der Waals surface area contributed by atoms with E-state index in [1.165, 1.54) is 22.8 Å². The lowest BCUT2D eigenvalue weighted by molar-refractivity contribution is -0.384. The molecule has 0 radical (unpaired) electrons. The number of hydrogen-bond acceptors (Lipinski definition) is 14. The molecule has 358 valence electrons. The molecule has 1 amide bonds. The normalized spacial score (nSPS) is 20.3. The molecular weight excluding hydrogens is 908 g/mol. The molecule has 4 aliphatic heterocycles.